The topological polar surface area (TPSA) is 71.3 Å². The Hall–Kier alpha value is -2.54. The molecule has 1 aliphatic carbocycles. The van der Waals surface area contributed by atoms with Crippen molar-refractivity contribution in [1.29, 1.82) is 0 Å². The number of anilines is 1. The Morgan fingerprint density at radius 2 is 2.00 bits per heavy atom. The minimum atomic E-state index is -0.00688. The number of thioether (sulfide) groups is 1. The van der Waals surface area contributed by atoms with Crippen LogP contribution in [0.25, 0.3) is 0 Å². The van der Waals surface area contributed by atoms with Gasteiger partial charge in [-0.1, -0.05) is 6.07 Å². The van der Waals surface area contributed by atoms with Crippen molar-refractivity contribution < 1.29 is 0 Å². The fraction of sp³-hybridized carbons (Fsp3) is 0.381. The zero-order valence-electron chi connectivity index (χ0n) is 15.9. The van der Waals surface area contributed by atoms with E-state index in [1.165, 1.54) is 4.90 Å². The Bertz CT molecular complexity index is 921. The maximum absolute atomic E-state index is 12.0. The predicted molar refractivity (Wildman–Crippen MR) is 115 cm³/mol. The number of nitrogens with one attached hydrogen (secondary N) is 2. The first-order valence-corrected chi connectivity index (χ1v) is 10.9. The lowest BCUT2D eigenvalue weighted by Crippen LogP contribution is -2.30. The molecule has 0 amide bonds. The molecule has 1 saturated carbocycles. The minimum absolute atomic E-state index is 0.00688. The molecule has 1 aliphatic heterocycles. The third-order valence-corrected chi connectivity index (χ3v) is 5.97. The number of rotatable bonds is 6. The van der Waals surface area contributed by atoms with Gasteiger partial charge in [0.25, 0.3) is 5.56 Å². The smallest absolute Gasteiger partial charge is 0.251 e. The van der Waals surface area contributed by atoms with Crippen LogP contribution in [0.3, 0.4) is 0 Å². The number of aliphatic imine (C=N–C) groups is 1. The first-order valence-electron chi connectivity index (χ1n) is 9.66. The van der Waals surface area contributed by atoms with Crippen molar-refractivity contribution in [2.45, 2.75) is 48.7 Å². The van der Waals surface area contributed by atoms with Crippen molar-refractivity contribution in [3.8, 4) is 0 Å². The van der Waals surface area contributed by atoms with Gasteiger partial charge in [0.15, 0.2) is 0 Å². The summed E-state index contributed by atoms with van der Waals surface area (Å²) in [5, 5.41) is 7.09. The summed E-state index contributed by atoms with van der Waals surface area (Å²) < 4.78 is 1.72. The van der Waals surface area contributed by atoms with Crippen LogP contribution >= 0.6 is 11.8 Å². The zero-order chi connectivity index (χ0) is 19.3. The van der Waals surface area contributed by atoms with Gasteiger partial charge in [-0.15, -0.1) is 11.8 Å². The van der Waals surface area contributed by atoms with Gasteiger partial charge in [0.2, 0.25) is 0 Å². The molecule has 28 heavy (non-hydrogen) atoms. The van der Waals surface area contributed by atoms with E-state index in [0.29, 0.717) is 12.1 Å². The summed E-state index contributed by atoms with van der Waals surface area (Å²) in [6, 6.07) is 10.2. The van der Waals surface area contributed by atoms with Crippen molar-refractivity contribution in [2.75, 3.05) is 11.6 Å². The number of pyridine rings is 2. The van der Waals surface area contributed by atoms with Gasteiger partial charge in [0, 0.05) is 41.7 Å². The second-order valence-electron chi connectivity index (χ2n) is 7.20. The first kappa shape index (κ1) is 18.8. The average Bonchev–Trinajstić information content (AvgIpc) is 3.16. The van der Waals surface area contributed by atoms with Crippen LogP contribution in [0.1, 0.15) is 31.7 Å². The van der Waals surface area contributed by atoms with E-state index >= 15 is 0 Å². The molecule has 3 heterocycles. The van der Waals surface area contributed by atoms with Crippen LogP contribution in [0.4, 0.5) is 5.82 Å². The zero-order valence-corrected chi connectivity index (χ0v) is 16.7. The van der Waals surface area contributed by atoms with Gasteiger partial charge < -0.3 is 15.2 Å². The Labute approximate surface area is 169 Å². The van der Waals surface area contributed by atoms with Crippen LogP contribution in [0.15, 0.2) is 69.3 Å². The third kappa shape index (κ3) is 4.47. The second kappa shape index (κ2) is 8.65. The lowest BCUT2D eigenvalue weighted by molar-refractivity contribution is 0.558. The molecule has 7 heteroatoms. The first-order chi connectivity index (χ1) is 13.7. The molecule has 2 N–H and O–H groups in total. The van der Waals surface area contributed by atoms with E-state index in [2.05, 4.69) is 39.0 Å². The van der Waals surface area contributed by atoms with Crippen LogP contribution < -0.4 is 16.2 Å². The molecule has 1 unspecified atom stereocenters. The van der Waals surface area contributed by atoms with Gasteiger partial charge in [-0.2, -0.15) is 0 Å². The molecule has 6 nitrogen and oxygen atoms in total. The molecule has 0 aromatic carbocycles. The summed E-state index contributed by atoms with van der Waals surface area (Å²) in [5.41, 5.74) is 0.00707. The van der Waals surface area contributed by atoms with E-state index in [-0.39, 0.29) is 11.6 Å². The molecule has 0 bridgehead atoms. The highest BCUT2D eigenvalue weighted by molar-refractivity contribution is 7.98. The van der Waals surface area contributed by atoms with Crippen molar-refractivity contribution in [3.63, 3.8) is 0 Å². The van der Waals surface area contributed by atoms with E-state index in [1.54, 1.807) is 28.5 Å². The van der Waals surface area contributed by atoms with Crippen LogP contribution in [0, 0.1) is 0 Å². The molecule has 0 radical (unpaired) electrons. The van der Waals surface area contributed by atoms with Crippen molar-refractivity contribution in [3.05, 3.63) is 65.0 Å². The average molecular weight is 396 g/mol. The number of allylic oxidation sites excluding steroid dienone is 1. The SMILES string of the molecule is CSc1ccc(N[C@H]2CC[C@H](NC3=CCC(n4ccccc4=O)C=N3)C2)nc1. The second-order valence-corrected chi connectivity index (χ2v) is 8.08. The monoisotopic (exact) mass is 395 g/mol. The summed E-state index contributed by atoms with van der Waals surface area (Å²) in [4.78, 5) is 22.2. The largest absolute Gasteiger partial charge is 0.368 e. The molecule has 2 aromatic rings. The van der Waals surface area contributed by atoms with E-state index in [4.69, 9.17) is 0 Å². The molecule has 0 saturated heterocycles. The molecular formula is C21H25N5OS. The van der Waals surface area contributed by atoms with Gasteiger partial charge in [-0.25, -0.2) is 9.98 Å². The van der Waals surface area contributed by atoms with E-state index in [9.17, 15) is 4.79 Å². The van der Waals surface area contributed by atoms with Crippen LogP contribution in [0.5, 0.6) is 0 Å². The van der Waals surface area contributed by atoms with E-state index < -0.39 is 0 Å². The Balaban J connectivity index is 1.28. The Morgan fingerprint density at radius 3 is 2.68 bits per heavy atom. The molecule has 3 atom stereocenters. The maximum Gasteiger partial charge on any atom is 0.251 e. The summed E-state index contributed by atoms with van der Waals surface area (Å²) in [7, 11) is 0. The van der Waals surface area contributed by atoms with Crippen LogP contribution in [-0.4, -0.2) is 34.1 Å². The van der Waals surface area contributed by atoms with Gasteiger partial charge in [0.1, 0.15) is 11.6 Å². The number of aromatic nitrogens is 2. The predicted octanol–water partition coefficient (Wildman–Crippen LogP) is 3.45. The van der Waals surface area contributed by atoms with Gasteiger partial charge >= 0.3 is 0 Å². The van der Waals surface area contributed by atoms with Crippen LogP contribution in [-0.2, 0) is 0 Å². The molecule has 2 aromatic heterocycles. The standard InChI is InChI=1S/C21H25N5OS/c1-28-18-8-10-20(23-14-18)25-16-6-5-15(12-16)24-19-9-7-17(13-22-19)26-11-3-2-4-21(26)27/h2-4,8-11,13-17,24H,5-7,12H2,1H3,(H,23,25)/t15-,16-,17?/m0/s1. The normalized spacial score (nSPS) is 24.0. The fourth-order valence-corrected chi connectivity index (χ4v) is 4.12. The van der Waals surface area contributed by atoms with E-state index in [0.717, 1.165) is 37.3 Å². The molecule has 2 aliphatic rings. The lowest BCUT2D eigenvalue weighted by Gasteiger charge is -2.21. The summed E-state index contributed by atoms with van der Waals surface area (Å²) >= 11 is 1.70. The highest BCUT2D eigenvalue weighted by Gasteiger charge is 2.25. The van der Waals surface area contributed by atoms with Crippen molar-refractivity contribution >= 4 is 23.8 Å². The number of nitrogens with zero attached hydrogens (tertiary/aromatic N) is 3. The number of hydrogen-bond donors (Lipinski definition) is 2. The summed E-state index contributed by atoms with van der Waals surface area (Å²) in [5.74, 6) is 1.85. The van der Waals surface area contributed by atoms with E-state index in [1.807, 2.05) is 30.7 Å². The minimum Gasteiger partial charge on any atom is -0.368 e. The highest BCUT2D eigenvalue weighted by atomic mass is 32.2. The molecule has 1 fully saturated rings. The maximum atomic E-state index is 12.0. The highest BCUT2D eigenvalue weighted by Crippen LogP contribution is 2.25. The summed E-state index contributed by atoms with van der Waals surface area (Å²) in [6.07, 6.45) is 13.8. The third-order valence-electron chi connectivity index (χ3n) is 5.26. The fourth-order valence-electron chi connectivity index (χ4n) is 3.76. The van der Waals surface area contributed by atoms with Gasteiger partial charge in [-0.05, 0) is 56.2 Å². The quantitative estimate of drug-likeness (QED) is 0.733. The van der Waals surface area contributed by atoms with Crippen molar-refractivity contribution in [2.24, 2.45) is 4.99 Å². The Morgan fingerprint density at radius 1 is 1.14 bits per heavy atom. The Kier molecular flexibility index (Phi) is 5.81. The van der Waals surface area contributed by atoms with Crippen LogP contribution in [0.2, 0.25) is 0 Å². The molecular weight excluding hydrogens is 370 g/mol. The van der Waals surface area contributed by atoms with Gasteiger partial charge in [0.05, 0.1) is 6.04 Å². The molecule has 4 rings (SSSR count). The molecule has 146 valence electrons. The molecule has 0 spiro atoms. The number of hydrogen-bond acceptors (Lipinski definition) is 6. The van der Waals surface area contributed by atoms with Crippen molar-refractivity contribution in [1.82, 2.24) is 14.9 Å². The summed E-state index contributed by atoms with van der Waals surface area (Å²) in [6.45, 7) is 0. The lowest BCUT2D eigenvalue weighted by atomic mass is 10.1. The van der Waals surface area contributed by atoms with Gasteiger partial charge in [-0.3, -0.25) is 4.79 Å².